The molecule has 1 rings (SSSR count). The van der Waals surface area contributed by atoms with Gasteiger partial charge in [-0.25, -0.2) is 0 Å². The fourth-order valence-corrected chi connectivity index (χ4v) is 2.25. The van der Waals surface area contributed by atoms with E-state index in [0.717, 1.165) is 5.56 Å². The molecule has 0 aliphatic heterocycles. The normalized spacial score (nSPS) is 12.3. The highest BCUT2D eigenvalue weighted by molar-refractivity contribution is 6.31. The molecular formula is C14H20ClN3O2. The van der Waals surface area contributed by atoms with E-state index in [9.17, 15) is 4.79 Å². The van der Waals surface area contributed by atoms with Crippen LogP contribution in [0.4, 0.5) is 5.69 Å². The number of nitrogens with one attached hydrogen (secondary N) is 1. The second-order valence-corrected chi connectivity index (χ2v) is 5.10. The molecule has 0 atom stereocenters. The first-order chi connectivity index (χ1) is 9.41. The summed E-state index contributed by atoms with van der Waals surface area (Å²) in [7, 11) is 0. The van der Waals surface area contributed by atoms with Crippen LogP contribution in [0.1, 0.15) is 32.3 Å². The summed E-state index contributed by atoms with van der Waals surface area (Å²) >= 11 is 6.03. The van der Waals surface area contributed by atoms with Gasteiger partial charge in [-0.1, -0.05) is 36.7 Å². The molecule has 0 saturated heterocycles. The maximum atomic E-state index is 12.5. The molecule has 0 aliphatic rings. The molecule has 1 aromatic rings. The number of hydrogen-bond acceptors (Lipinski definition) is 3. The summed E-state index contributed by atoms with van der Waals surface area (Å²) in [5.74, 6) is -0.393. The molecule has 0 aliphatic carbocycles. The number of oxime groups is 1. The van der Waals surface area contributed by atoms with Gasteiger partial charge in [0.1, 0.15) is 5.41 Å². The Morgan fingerprint density at radius 3 is 2.50 bits per heavy atom. The van der Waals surface area contributed by atoms with Gasteiger partial charge in [0.25, 0.3) is 0 Å². The zero-order chi connectivity index (χ0) is 15.3. The van der Waals surface area contributed by atoms with Crippen LogP contribution in [-0.2, 0) is 4.79 Å². The number of aryl methyl sites for hydroxylation is 1. The minimum atomic E-state index is -1.02. The van der Waals surface area contributed by atoms with Crippen molar-refractivity contribution in [3.8, 4) is 0 Å². The van der Waals surface area contributed by atoms with Crippen molar-refractivity contribution >= 4 is 29.0 Å². The molecule has 0 radical (unpaired) electrons. The van der Waals surface area contributed by atoms with Gasteiger partial charge in [-0.2, -0.15) is 0 Å². The summed E-state index contributed by atoms with van der Waals surface area (Å²) in [5, 5.41) is 15.2. The predicted molar refractivity (Wildman–Crippen MR) is 81.2 cm³/mol. The van der Waals surface area contributed by atoms with Gasteiger partial charge >= 0.3 is 0 Å². The lowest BCUT2D eigenvalue weighted by molar-refractivity contribution is -0.122. The second-order valence-electron chi connectivity index (χ2n) is 4.69. The van der Waals surface area contributed by atoms with Crippen molar-refractivity contribution in [3.63, 3.8) is 0 Å². The van der Waals surface area contributed by atoms with Crippen LogP contribution in [0.2, 0.25) is 5.02 Å². The van der Waals surface area contributed by atoms with E-state index in [2.05, 4.69) is 10.5 Å². The number of carbonyl (C=O) groups excluding carboxylic acids is 1. The lowest BCUT2D eigenvalue weighted by atomic mass is 9.80. The van der Waals surface area contributed by atoms with Crippen molar-refractivity contribution in [2.75, 3.05) is 5.32 Å². The molecule has 5 nitrogen and oxygen atoms in total. The van der Waals surface area contributed by atoms with Gasteiger partial charge in [-0.3, -0.25) is 4.79 Å². The smallest absolute Gasteiger partial charge is 0.238 e. The van der Waals surface area contributed by atoms with E-state index in [1.54, 1.807) is 12.1 Å². The van der Waals surface area contributed by atoms with Crippen LogP contribution in [0.25, 0.3) is 0 Å². The number of rotatable bonds is 5. The van der Waals surface area contributed by atoms with E-state index < -0.39 is 5.41 Å². The van der Waals surface area contributed by atoms with Crippen LogP contribution in [0.15, 0.2) is 23.4 Å². The Kier molecular flexibility index (Phi) is 5.39. The third-order valence-electron chi connectivity index (χ3n) is 3.67. The zero-order valence-corrected chi connectivity index (χ0v) is 12.7. The van der Waals surface area contributed by atoms with E-state index in [4.69, 9.17) is 22.5 Å². The van der Waals surface area contributed by atoms with E-state index >= 15 is 0 Å². The number of nitrogens with zero attached hydrogens (tertiary/aromatic N) is 1. The van der Waals surface area contributed by atoms with Gasteiger partial charge in [-0.15, -0.1) is 0 Å². The number of hydrogen-bond donors (Lipinski definition) is 3. The van der Waals surface area contributed by atoms with Crippen LogP contribution in [-0.4, -0.2) is 17.0 Å². The number of halogens is 1. The second kappa shape index (κ2) is 6.61. The summed E-state index contributed by atoms with van der Waals surface area (Å²) in [5.41, 5.74) is 6.19. The van der Waals surface area contributed by atoms with E-state index in [-0.39, 0.29) is 11.7 Å². The molecule has 4 N–H and O–H groups in total. The molecule has 0 bridgehead atoms. The van der Waals surface area contributed by atoms with Crippen LogP contribution >= 0.6 is 11.6 Å². The summed E-state index contributed by atoms with van der Waals surface area (Å²) in [6, 6.07) is 5.26. The molecule has 0 saturated carbocycles. The van der Waals surface area contributed by atoms with Crippen molar-refractivity contribution in [2.45, 2.75) is 33.6 Å². The average Bonchev–Trinajstić information content (AvgIpc) is 2.44. The van der Waals surface area contributed by atoms with E-state index in [1.165, 1.54) is 0 Å². The molecular weight excluding hydrogens is 278 g/mol. The monoisotopic (exact) mass is 297 g/mol. The van der Waals surface area contributed by atoms with Crippen molar-refractivity contribution < 1.29 is 10.0 Å². The summed E-state index contributed by atoms with van der Waals surface area (Å²) in [4.78, 5) is 12.5. The first kappa shape index (κ1) is 16.3. The van der Waals surface area contributed by atoms with E-state index in [0.29, 0.717) is 23.6 Å². The fourth-order valence-electron chi connectivity index (χ4n) is 2.07. The van der Waals surface area contributed by atoms with Crippen molar-refractivity contribution in [1.82, 2.24) is 0 Å². The first-order valence-corrected chi connectivity index (χ1v) is 6.84. The van der Waals surface area contributed by atoms with Crippen molar-refractivity contribution in [3.05, 3.63) is 28.8 Å². The lowest BCUT2D eigenvalue weighted by Gasteiger charge is -2.28. The molecule has 1 aromatic carbocycles. The third-order valence-corrected chi connectivity index (χ3v) is 4.08. The van der Waals surface area contributed by atoms with Gasteiger partial charge in [0.15, 0.2) is 5.84 Å². The average molecular weight is 298 g/mol. The van der Waals surface area contributed by atoms with Crippen LogP contribution in [0.3, 0.4) is 0 Å². The zero-order valence-electron chi connectivity index (χ0n) is 11.9. The molecule has 0 aromatic heterocycles. The number of carbonyl (C=O) groups is 1. The summed E-state index contributed by atoms with van der Waals surface area (Å²) < 4.78 is 0. The Morgan fingerprint density at radius 2 is 2.05 bits per heavy atom. The quantitative estimate of drug-likeness (QED) is 0.338. The third kappa shape index (κ3) is 3.04. The minimum Gasteiger partial charge on any atom is -0.409 e. The van der Waals surface area contributed by atoms with Gasteiger partial charge in [0, 0.05) is 10.7 Å². The lowest BCUT2D eigenvalue weighted by Crippen LogP contribution is -2.46. The first-order valence-electron chi connectivity index (χ1n) is 6.46. The van der Waals surface area contributed by atoms with Crippen LogP contribution < -0.4 is 11.1 Å². The molecule has 110 valence electrons. The number of amides is 1. The molecule has 0 heterocycles. The number of anilines is 1. The highest BCUT2D eigenvalue weighted by atomic mass is 35.5. The molecule has 20 heavy (non-hydrogen) atoms. The Bertz CT molecular complexity index is 525. The van der Waals surface area contributed by atoms with Crippen LogP contribution in [0, 0.1) is 12.3 Å². The maximum absolute atomic E-state index is 12.5. The number of benzene rings is 1. The van der Waals surface area contributed by atoms with Gasteiger partial charge in [0.2, 0.25) is 5.91 Å². The fraction of sp³-hybridized carbons (Fsp3) is 0.429. The summed E-state index contributed by atoms with van der Waals surface area (Å²) in [6.07, 6.45) is 0.871. The molecule has 0 unspecified atom stereocenters. The van der Waals surface area contributed by atoms with Crippen molar-refractivity contribution in [1.29, 1.82) is 0 Å². The minimum absolute atomic E-state index is 0.0850. The standard InChI is InChI=1S/C14H20ClN3O2/c1-4-14(5-2,12(16)18-20)13(19)17-10-7-6-9(3)11(15)8-10/h6-8,20H,4-5H2,1-3H3,(H2,16,18)(H,17,19). The molecule has 0 spiro atoms. The van der Waals surface area contributed by atoms with Gasteiger partial charge < -0.3 is 16.3 Å². The number of nitrogens with two attached hydrogens (primary N) is 1. The van der Waals surface area contributed by atoms with E-state index in [1.807, 2.05) is 26.8 Å². The Morgan fingerprint density at radius 1 is 1.45 bits per heavy atom. The van der Waals surface area contributed by atoms with Crippen molar-refractivity contribution in [2.24, 2.45) is 16.3 Å². The summed E-state index contributed by atoms with van der Waals surface area (Å²) in [6.45, 7) is 5.53. The van der Waals surface area contributed by atoms with Crippen LogP contribution in [0.5, 0.6) is 0 Å². The Labute approximate surface area is 123 Å². The van der Waals surface area contributed by atoms with Gasteiger partial charge in [0.05, 0.1) is 0 Å². The predicted octanol–water partition coefficient (Wildman–Crippen LogP) is 3.14. The molecule has 6 heteroatoms. The highest BCUT2D eigenvalue weighted by Crippen LogP contribution is 2.29. The molecule has 1 amide bonds. The maximum Gasteiger partial charge on any atom is 0.238 e. The molecule has 0 fully saturated rings. The highest BCUT2D eigenvalue weighted by Gasteiger charge is 2.39. The van der Waals surface area contributed by atoms with Gasteiger partial charge in [-0.05, 0) is 37.5 Å². The number of amidine groups is 1. The SMILES string of the molecule is CCC(CC)(C(=O)Nc1ccc(C)c(Cl)c1)C(N)=NO. The largest absolute Gasteiger partial charge is 0.409 e. The topological polar surface area (TPSA) is 87.7 Å². The Hall–Kier alpha value is -1.75. The Balaban J connectivity index is 3.06.